The summed E-state index contributed by atoms with van der Waals surface area (Å²) in [6.45, 7) is 13.0. The highest BCUT2D eigenvalue weighted by Crippen LogP contribution is 2.65. The van der Waals surface area contributed by atoms with Gasteiger partial charge in [0.25, 0.3) is 11.8 Å². The van der Waals surface area contributed by atoms with Crippen LogP contribution in [0.1, 0.15) is 100 Å². The molecule has 4 aromatic rings. The Hall–Kier alpha value is -6.31. The van der Waals surface area contributed by atoms with E-state index in [9.17, 15) is 24.0 Å². The molecule has 17 nitrogen and oxygen atoms in total. The summed E-state index contributed by atoms with van der Waals surface area (Å²) in [5, 5.41) is 12.8. The number of hydrogen-bond acceptors (Lipinski definition) is 12. The molecular formula is C56H71BN8O9. The second-order valence-electron chi connectivity index (χ2n) is 21.4. The Labute approximate surface area is 434 Å². The van der Waals surface area contributed by atoms with Crippen LogP contribution in [0, 0.1) is 17.3 Å². The number of amides is 5. The molecule has 9 atom stereocenters. The number of rotatable bonds is 16. The van der Waals surface area contributed by atoms with E-state index in [1.54, 1.807) is 36.4 Å². The lowest BCUT2D eigenvalue weighted by molar-refractivity contribution is -0.199. The van der Waals surface area contributed by atoms with Crippen LogP contribution in [0.15, 0.2) is 84.9 Å². The van der Waals surface area contributed by atoms with E-state index in [0.717, 1.165) is 43.2 Å². The van der Waals surface area contributed by atoms with Gasteiger partial charge in [-0.15, -0.1) is 0 Å². The van der Waals surface area contributed by atoms with E-state index in [-0.39, 0.29) is 50.8 Å². The Bertz CT molecular complexity index is 2740. The van der Waals surface area contributed by atoms with E-state index in [4.69, 9.17) is 30.2 Å². The van der Waals surface area contributed by atoms with Crippen LogP contribution >= 0.6 is 0 Å². The Morgan fingerprint density at radius 3 is 2.19 bits per heavy atom. The fraction of sp³-hybridized carbons (Fsp3) is 0.482. The molecule has 3 aliphatic heterocycles. The first-order valence-electron chi connectivity index (χ1n) is 26.3. The Morgan fingerprint density at radius 1 is 0.865 bits per heavy atom. The maximum Gasteiger partial charge on any atom is 0.481 e. The molecule has 0 aromatic heterocycles. The zero-order valence-corrected chi connectivity index (χ0v) is 43.3. The van der Waals surface area contributed by atoms with Crippen molar-refractivity contribution in [3.63, 3.8) is 0 Å². The second kappa shape index (κ2) is 21.9. The molecule has 6 aliphatic rings. The number of ether oxygens (including phenoxy) is 2. The summed E-state index contributed by atoms with van der Waals surface area (Å²) in [6, 6.07) is 21.4. The van der Waals surface area contributed by atoms with E-state index in [0.29, 0.717) is 51.2 Å². The topological polar surface area (TPSA) is 238 Å². The van der Waals surface area contributed by atoms with Gasteiger partial charge < -0.3 is 51.5 Å². The number of nitrogens with two attached hydrogens (primary N) is 2. The van der Waals surface area contributed by atoms with E-state index in [1.807, 2.05) is 31.2 Å². The molecule has 0 radical (unpaired) electrons. The van der Waals surface area contributed by atoms with E-state index < -0.39 is 72.4 Å². The zero-order chi connectivity index (χ0) is 52.5. The van der Waals surface area contributed by atoms with Crippen LogP contribution in [-0.2, 0) is 41.3 Å². The normalized spacial score (nSPS) is 26.4. The van der Waals surface area contributed by atoms with Crippen LogP contribution < -0.4 is 47.6 Å². The molecule has 5 fully saturated rings. The average molecular weight is 1010 g/mol. The molecule has 0 unspecified atom stereocenters. The maximum absolute atomic E-state index is 14.8. The van der Waals surface area contributed by atoms with Crippen molar-refractivity contribution < 1.29 is 42.8 Å². The number of unbranched alkanes of at least 4 members (excludes halogenated alkanes) is 1. The largest absolute Gasteiger partial charge is 0.492 e. The number of carbonyl (C=O) groups excluding carboxylic acids is 5. The third kappa shape index (κ3) is 10.5. The van der Waals surface area contributed by atoms with Gasteiger partial charge in [-0.1, -0.05) is 75.7 Å². The lowest BCUT2D eigenvalue weighted by Gasteiger charge is -2.64. The van der Waals surface area contributed by atoms with Gasteiger partial charge in [0.1, 0.15) is 42.8 Å². The molecule has 3 heterocycles. The summed E-state index contributed by atoms with van der Waals surface area (Å²) in [5.74, 6) is -1.71. The van der Waals surface area contributed by atoms with Gasteiger partial charge >= 0.3 is 7.12 Å². The summed E-state index contributed by atoms with van der Waals surface area (Å²) < 4.78 is 25.6. The van der Waals surface area contributed by atoms with Crippen LogP contribution in [0.3, 0.4) is 0 Å². The fourth-order valence-corrected chi connectivity index (χ4v) is 11.6. The minimum absolute atomic E-state index is 0.0261. The Morgan fingerprint density at radius 2 is 1.53 bits per heavy atom. The summed E-state index contributed by atoms with van der Waals surface area (Å²) in [4.78, 5) is 71.7. The standard InChI is InChI=1S/C56H71BN8O9/c1-7-8-9-34-10-13-36(14-11-34)37-15-17-38(18-16-37)51(67)64-44-31-60-65(54(44)70)49-39-19-21-46(72-25-23-59)42(28-39)41-26-35(12-20-45(41)71-24-22-58)27-43(63-50(66)32(2)61-53(49)69)52(68)62-33(3)57-73-48-30-40-29-47(55(40,4)5)56(48,6)74-57/h10-21,26,28,32-33,40,43-44,47-49,60H,7-9,22-25,27,29-31,58-59H2,1-6H3,(H,61,69)(H,62,68)(H,63,66)(H,64,67)/t32-,33-,40-,43-,44-,47-,48+,49-,56-/m0/s1. The highest BCUT2D eigenvalue weighted by Gasteiger charge is 2.68. The third-order valence-corrected chi connectivity index (χ3v) is 16.0. The molecule has 4 aromatic carbocycles. The van der Waals surface area contributed by atoms with Crippen molar-refractivity contribution in [2.75, 3.05) is 32.8 Å². The van der Waals surface area contributed by atoms with Gasteiger partial charge in [-0.05, 0) is 128 Å². The van der Waals surface area contributed by atoms with Gasteiger partial charge in [0.15, 0.2) is 6.04 Å². The molecule has 74 heavy (non-hydrogen) atoms. The van der Waals surface area contributed by atoms with Crippen LogP contribution in [0.25, 0.3) is 22.3 Å². The maximum atomic E-state index is 14.8. The number of carbonyl (C=O) groups is 5. The molecule has 3 aliphatic carbocycles. The summed E-state index contributed by atoms with van der Waals surface area (Å²) >= 11 is 0. The predicted octanol–water partition coefficient (Wildman–Crippen LogP) is 4.54. The number of nitrogens with zero attached hydrogens (tertiary/aromatic N) is 1. The van der Waals surface area contributed by atoms with Crippen LogP contribution in [0.2, 0.25) is 0 Å². The highest BCUT2D eigenvalue weighted by atomic mass is 16.7. The van der Waals surface area contributed by atoms with Gasteiger partial charge in [0.2, 0.25) is 17.7 Å². The molecule has 0 spiro atoms. The lowest BCUT2D eigenvalue weighted by atomic mass is 9.43. The monoisotopic (exact) mass is 1010 g/mol. The van der Waals surface area contributed by atoms with Crippen molar-refractivity contribution in [2.45, 2.75) is 122 Å². The van der Waals surface area contributed by atoms with Crippen molar-refractivity contribution in [2.24, 2.45) is 28.7 Å². The SMILES string of the molecule is CCCCc1ccc(-c2ccc(C(=O)N[C@H]3CNN([C@@H]4C(=O)N[C@@H](C)C(=O)N[C@H](C(=O)N[C@@H](C)B5O[C@@H]6C[C@@H]7C[C@@H](C7(C)C)[C@]6(C)O5)Cc5ccc(OCCN)c(c5)-c5cc4ccc5OCCN)C3=O)cc2)cc1. The van der Waals surface area contributed by atoms with Crippen LogP contribution in [0.5, 0.6) is 11.5 Å². The van der Waals surface area contributed by atoms with Gasteiger partial charge in [0, 0.05) is 42.7 Å². The number of nitrogens with one attached hydrogen (secondary N) is 5. The molecule has 392 valence electrons. The molecule has 2 saturated heterocycles. The number of fused-ring (bicyclic) bond motifs is 5. The minimum Gasteiger partial charge on any atom is -0.492 e. The third-order valence-electron chi connectivity index (χ3n) is 16.0. The van der Waals surface area contributed by atoms with Crippen LogP contribution in [-0.4, -0.2) is 110 Å². The fourth-order valence-electron chi connectivity index (χ4n) is 11.6. The van der Waals surface area contributed by atoms with Gasteiger partial charge in [-0.2, -0.15) is 0 Å². The average Bonchev–Trinajstić information content (AvgIpc) is 3.94. The molecule has 3 saturated carbocycles. The van der Waals surface area contributed by atoms with Crippen molar-refractivity contribution in [1.82, 2.24) is 31.7 Å². The van der Waals surface area contributed by atoms with E-state index >= 15 is 0 Å². The second-order valence-corrected chi connectivity index (χ2v) is 21.4. The number of hydrazine groups is 1. The Balaban J connectivity index is 0.982. The van der Waals surface area contributed by atoms with Gasteiger partial charge in [0.05, 0.1) is 17.6 Å². The summed E-state index contributed by atoms with van der Waals surface area (Å²) in [6.07, 6.45) is 5.21. The smallest absolute Gasteiger partial charge is 0.481 e. The van der Waals surface area contributed by atoms with Crippen molar-refractivity contribution in [3.8, 4) is 33.8 Å². The van der Waals surface area contributed by atoms with E-state index in [2.05, 4.69) is 78.7 Å². The number of benzene rings is 4. The Kier molecular flexibility index (Phi) is 15.5. The first-order chi connectivity index (χ1) is 35.5. The minimum atomic E-state index is -1.37. The van der Waals surface area contributed by atoms with Crippen molar-refractivity contribution in [3.05, 3.63) is 107 Å². The molecule has 10 rings (SSSR count). The molecule has 6 bridgehead atoms. The molecule has 5 amide bonds. The molecular weight excluding hydrogens is 939 g/mol. The lowest BCUT2D eigenvalue weighted by Crippen LogP contribution is -2.65. The van der Waals surface area contributed by atoms with E-state index in [1.165, 1.54) is 17.5 Å². The first-order valence-corrected chi connectivity index (χ1v) is 26.3. The summed E-state index contributed by atoms with van der Waals surface area (Å²) in [5.41, 5.74) is 20.2. The van der Waals surface area contributed by atoms with Crippen molar-refractivity contribution in [1.29, 1.82) is 0 Å². The predicted molar refractivity (Wildman–Crippen MR) is 281 cm³/mol. The van der Waals surface area contributed by atoms with Gasteiger partial charge in [-0.25, -0.2) is 5.43 Å². The quantitative estimate of drug-likeness (QED) is 0.0767. The molecule has 18 heteroatoms. The number of hydrogen-bond donors (Lipinski definition) is 7. The van der Waals surface area contributed by atoms with Crippen LogP contribution in [0.4, 0.5) is 0 Å². The number of aryl methyl sites for hydroxylation is 1. The first kappa shape index (κ1) is 52.6. The van der Waals surface area contributed by atoms with Crippen molar-refractivity contribution >= 4 is 36.7 Å². The summed E-state index contributed by atoms with van der Waals surface area (Å²) in [7, 11) is -0.705. The molecule has 9 N–H and O–H groups in total. The zero-order valence-electron chi connectivity index (χ0n) is 43.3. The highest BCUT2D eigenvalue weighted by molar-refractivity contribution is 6.47. The van der Waals surface area contributed by atoms with Gasteiger partial charge in [-0.3, -0.25) is 29.0 Å².